The number of amides is 1. The average Bonchev–Trinajstić information content (AvgIpc) is 3.27. The van der Waals surface area contributed by atoms with Crippen LogP contribution in [0.2, 0.25) is 0 Å². The summed E-state index contributed by atoms with van der Waals surface area (Å²) in [6.07, 6.45) is 2.41. The van der Waals surface area contributed by atoms with Crippen LogP contribution in [0.5, 0.6) is 0 Å². The van der Waals surface area contributed by atoms with E-state index in [1.54, 1.807) is 22.3 Å². The van der Waals surface area contributed by atoms with E-state index in [2.05, 4.69) is 0 Å². The number of thiophene rings is 1. The molecule has 1 heterocycles. The van der Waals surface area contributed by atoms with Crippen molar-refractivity contribution in [1.82, 2.24) is 9.21 Å². The number of nitrogens with zero attached hydrogens (tertiary/aromatic N) is 2. The first-order valence-corrected chi connectivity index (χ1v) is 14.2. The van der Waals surface area contributed by atoms with Gasteiger partial charge in [-0.25, -0.2) is 8.42 Å². The van der Waals surface area contributed by atoms with E-state index in [0.717, 1.165) is 22.4 Å². The van der Waals surface area contributed by atoms with Crippen LogP contribution in [0.15, 0.2) is 78.2 Å². The Balaban J connectivity index is 1.84. The van der Waals surface area contributed by atoms with Gasteiger partial charge in [0.15, 0.2) is 0 Å². The molecule has 186 valence electrons. The lowest BCUT2D eigenvalue weighted by Crippen LogP contribution is -2.43. The molecule has 0 bridgehead atoms. The standard InChI is InChI=1S/C28H34N2O3S2/c1-4-23(2)19-30(35(32,33)18-17-25-11-7-5-8-12-25)22-28(31)29(20-26-13-9-6-10-14-26)21-27-16-15-24(3)34-27/h5-18,23H,4,19-22H2,1-3H3/b18-17+. The summed E-state index contributed by atoms with van der Waals surface area (Å²) in [5.41, 5.74) is 1.80. The maximum Gasteiger partial charge on any atom is 0.238 e. The molecule has 0 N–H and O–H groups in total. The molecule has 7 heteroatoms. The van der Waals surface area contributed by atoms with Crippen molar-refractivity contribution >= 4 is 33.3 Å². The molecule has 0 aliphatic heterocycles. The molecule has 0 aliphatic carbocycles. The van der Waals surface area contributed by atoms with Gasteiger partial charge in [0, 0.05) is 28.3 Å². The second-order valence-electron chi connectivity index (χ2n) is 8.81. The zero-order valence-electron chi connectivity index (χ0n) is 20.6. The summed E-state index contributed by atoms with van der Waals surface area (Å²) in [5.74, 6) is -0.0786. The summed E-state index contributed by atoms with van der Waals surface area (Å²) < 4.78 is 27.9. The average molecular weight is 511 g/mol. The van der Waals surface area contributed by atoms with Gasteiger partial charge >= 0.3 is 0 Å². The summed E-state index contributed by atoms with van der Waals surface area (Å²) in [6.45, 7) is 7.04. The molecule has 35 heavy (non-hydrogen) atoms. The monoisotopic (exact) mass is 510 g/mol. The number of aryl methyl sites for hydroxylation is 1. The van der Waals surface area contributed by atoms with Crippen LogP contribution in [0.1, 0.15) is 41.1 Å². The van der Waals surface area contributed by atoms with E-state index in [1.807, 2.05) is 93.6 Å². The molecule has 1 aromatic heterocycles. The maximum absolute atomic E-state index is 13.6. The van der Waals surface area contributed by atoms with E-state index in [0.29, 0.717) is 19.6 Å². The van der Waals surface area contributed by atoms with Crippen LogP contribution >= 0.6 is 11.3 Å². The maximum atomic E-state index is 13.6. The highest BCUT2D eigenvalue weighted by atomic mass is 32.2. The Morgan fingerprint density at radius 3 is 2.23 bits per heavy atom. The number of hydrogen-bond donors (Lipinski definition) is 0. The predicted octanol–water partition coefficient (Wildman–Crippen LogP) is 5.93. The SMILES string of the molecule is CCC(C)CN(CC(=O)N(Cc1ccccc1)Cc1ccc(C)s1)S(=O)(=O)/C=C/c1ccccc1. The van der Waals surface area contributed by atoms with Crippen LogP contribution in [0.25, 0.3) is 6.08 Å². The first kappa shape index (κ1) is 26.9. The van der Waals surface area contributed by atoms with Gasteiger partial charge in [-0.2, -0.15) is 4.31 Å². The molecule has 0 saturated heterocycles. The molecule has 2 aromatic carbocycles. The van der Waals surface area contributed by atoms with Crippen molar-refractivity contribution in [3.8, 4) is 0 Å². The number of rotatable bonds is 12. The van der Waals surface area contributed by atoms with Gasteiger partial charge in [-0.15, -0.1) is 11.3 Å². The third-order valence-electron chi connectivity index (χ3n) is 5.83. The van der Waals surface area contributed by atoms with Crippen molar-refractivity contribution < 1.29 is 13.2 Å². The van der Waals surface area contributed by atoms with Gasteiger partial charge in [0.1, 0.15) is 0 Å². The van der Waals surface area contributed by atoms with Gasteiger partial charge in [0.05, 0.1) is 13.1 Å². The van der Waals surface area contributed by atoms with Crippen LogP contribution in [0.4, 0.5) is 0 Å². The number of sulfonamides is 1. The molecule has 1 amide bonds. The molecule has 5 nitrogen and oxygen atoms in total. The van der Waals surface area contributed by atoms with Gasteiger partial charge in [0.2, 0.25) is 15.9 Å². The fourth-order valence-corrected chi connectivity index (χ4v) is 5.76. The van der Waals surface area contributed by atoms with Crippen LogP contribution in [-0.4, -0.2) is 36.6 Å². The van der Waals surface area contributed by atoms with Crippen molar-refractivity contribution in [2.24, 2.45) is 5.92 Å². The molecule has 1 atom stereocenters. The first-order valence-electron chi connectivity index (χ1n) is 11.9. The smallest absolute Gasteiger partial charge is 0.238 e. The van der Waals surface area contributed by atoms with Crippen LogP contribution < -0.4 is 0 Å². The summed E-state index contributed by atoms with van der Waals surface area (Å²) in [6, 6.07) is 23.2. The molecular formula is C28H34N2O3S2. The molecular weight excluding hydrogens is 476 g/mol. The van der Waals surface area contributed by atoms with E-state index < -0.39 is 10.0 Å². The molecule has 0 spiro atoms. The minimum absolute atomic E-state index is 0.130. The topological polar surface area (TPSA) is 57.7 Å². The first-order chi connectivity index (χ1) is 16.8. The molecule has 0 saturated carbocycles. The van der Waals surface area contributed by atoms with Crippen LogP contribution in [0, 0.1) is 12.8 Å². The lowest BCUT2D eigenvalue weighted by atomic mass is 10.1. The minimum atomic E-state index is -3.79. The highest BCUT2D eigenvalue weighted by Crippen LogP contribution is 2.20. The lowest BCUT2D eigenvalue weighted by Gasteiger charge is -2.28. The molecule has 0 fully saturated rings. The van der Waals surface area contributed by atoms with Gasteiger partial charge in [-0.05, 0) is 42.2 Å². The molecule has 3 aromatic rings. The number of carbonyl (C=O) groups excluding carboxylic acids is 1. The number of carbonyl (C=O) groups is 1. The predicted molar refractivity (Wildman–Crippen MR) is 145 cm³/mol. The van der Waals surface area contributed by atoms with E-state index in [1.165, 1.54) is 14.6 Å². The Bertz CT molecular complexity index is 1210. The molecule has 0 aliphatic rings. The fourth-order valence-electron chi connectivity index (χ4n) is 3.60. The second kappa shape index (κ2) is 12.8. The van der Waals surface area contributed by atoms with Gasteiger partial charge in [0.25, 0.3) is 0 Å². The Kier molecular flexibility index (Phi) is 9.83. The van der Waals surface area contributed by atoms with E-state index in [4.69, 9.17) is 0 Å². The van der Waals surface area contributed by atoms with Gasteiger partial charge in [-0.1, -0.05) is 80.9 Å². The van der Waals surface area contributed by atoms with Crippen molar-refractivity contribution in [2.45, 2.75) is 40.3 Å². The Morgan fingerprint density at radius 1 is 0.971 bits per heavy atom. The largest absolute Gasteiger partial charge is 0.332 e. The van der Waals surface area contributed by atoms with Gasteiger partial charge < -0.3 is 4.90 Å². The van der Waals surface area contributed by atoms with Crippen molar-refractivity contribution in [3.63, 3.8) is 0 Å². The summed E-state index contributed by atoms with van der Waals surface area (Å²) >= 11 is 1.65. The van der Waals surface area contributed by atoms with Crippen LogP contribution in [0.3, 0.4) is 0 Å². The van der Waals surface area contributed by atoms with Crippen molar-refractivity contribution in [1.29, 1.82) is 0 Å². The highest BCUT2D eigenvalue weighted by Gasteiger charge is 2.27. The number of hydrogen-bond acceptors (Lipinski definition) is 4. The van der Waals surface area contributed by atoms with E-state index in [-0.39, 0.29) is 18.4 Å². The van der Waals surface area contributed by atoms with E-state index in [9.17, 15) is 13.2 Å². The fraction of sp³-hybridized carbons (Fsp3) is 0.321. The zero-order valence-corrected chi connectivity index (χ0v) is 22.3. The van der Waals surface area contributed by atoms with E-state index >= 15 is 0 Å². The summed E-state index contributed by atoms with van der Waals surface area (Å²) in [4.78, 5) is 17.6. The van der Waals surface area contributed by atoms with Crippen molar-refractivity contribution in [2.75, 3.05) is 13.1 Å². The molecule has 0 radical (unpaired) electrons. The molecule has 1 unspecified atom stereocenters. The van der Waals surface area contributed by atoms with Gasteiger partial charge in [-0.3, -0.25) is 4.79 Å². The minimum Gasteiger partial charge on any atom is -0.332 e. The summed E-state index contributed by atoms with van der Waals surface area (Å²) in [5, 5.41) is 1.21. The zero-order chi connectivity index (χ0) is 25.3. The Labute approximate surface area is 213 Å². The quantitative estimate of drug-likeness (QED) is 0.303. The summed E-state index contributed by atoms with van der Waals surface area (Å²) in [7, 11) is -3.79. The molecule has 3 rings (SSSR count). The van der Waals surface area contributed by atoms with Crippen LogP contribution in [-0.2, 0) is 27.9 Å². The normalized spacial score (nSPS) is 12.8. The third-order valence-corrected chi connectivity index (χ3v) is 8.29. The Hall–Kier alpha value is -2.74. The second-order valence-corrected chi connectivity index (χ2v) is 12.0. The third kappa shape index (κ3) is 8.46. The van der Waals surface area contributed by atoms with Crippen molar-refractivity contribution in [3.05, 3.63) is 99.1 Å². The highest BCUT2D eigenvalue weighted by molar-refractivity contribution is 7.92. The number of benzene rings is 2. The lowest BCUT2D eigenvalue weighted by molar-refractivity contribution is -0.132. The Morgan fingerprint density at radius 2 is 1.63 bits per heavy atom.